The van der Waals surface area contributed by atoms with Gasteiger partial charge in [0.1, 0.15) is 5.60 Å². The van der Waals surface area contributed by atoms with Crippen molar-refractivity contribution < 1.29 is 14.3 Å². The number of carbonyl (C=O) groups excluding carboxylic acids is 1. The van der Waals surface area contributed by atoms with E-state index in [0.717, 1.165) is 43.4 Å². The zero-order valence-corrected chi connectivity index (χ0v) is 16.7. The van der Waals surface area contributed by atoms with Crippen LogP contribution >= 0.6 is 23.2 Å². The van der Waals surface area contributed by atoms with Crippen molar-refractivity contribution in [3.05, 3.63) is 51.3 Å². The summed E-state index contributed by atoms with van der Waals surface area (Å²) < 4.78 is 11.9. The lowest BCUT2D eigenvalue weighted by atomic mass is 9.81. The highest BCUT2D eigenvalue weighted by Crippen LogP contribution is 2.49. The van der Waals surface area contributed by atoms with Crippen molar-refractivity contribution in [2.45, 2.75) is 50.5 Å². The molecule has 0 amide bonds. The minimum atomic E-state index is -0.198. The van der Waals surface area contributed by atoms with Gasteiger partial charge in [0, 0.05) is 41.9 Å². The van der Waals surface area contributed by atoms with Crippen LogP contribution in [0, 0.1) is 0 Å². The smallest absolute Gasteiger partial charge is 0.167 e. The second-order valence-corrected chi connectivity index (χ2v) is 8.14. The van der Waals surface area contributed by atoms with Gasteiger partial charge >= 0.3 is 0 Å². The van der Waals surface area contributed by atoms with Crippen molar-refractivity contribution in [1.82, 2.24) is 4.98 Å². The number of benzene rings is 1. The number of aromatic nitrogens is 1. The van der Waals surface area contributed by atoms with Crippen LogP contribution in [0.5, 0.6) is 11.5 Å². The minimum Gasteiger partial charge on any atom is -0.493 e. The fraction of sp³-hybridized carbons (Fsp3) is 0.429. The largest absolute Gasteiger partial charge is 0.493 e. The standard InChI is InChI=1S/C21H21Cl2NO3/c1-26-19-6-5-13(18(25)9-14-16(22)11-24-12-17(14)23)15-10-21(27-20(15)19)7-3-2-4-8-21/h5-6,11-12H,2-4,7-10H2,1H3. The Hall–Kier alpha value is -1.78. The average Bonchev–Trinajstić information content (AvgIpc) is 3.02. The zero-order chi connectivity index (χ0) is 19.0. The Kier molecular flexibility index (Phi) is 5.04. The Labute approximate surface area is 168 Å². The van der Waals surface area contributed by atoms with Crippen molar-refractivity contribution >= 4 is 29.0 Å². The van der Waals surface area contributed by atoms with Gasteiger partial charge in [-0.15, -0.1) is 0 Å². The molecule has 0 radical (unpaired) electrons. The summed E-state index contributed by atoms with van der Waals surface area (Å²) in [7, 11) is 1.63. The molecule has 6 heteroatoms. The van der Waals surface area contributed by atoms with Gasteiger partial charge in [0.2, 0.25) is 0 Å². The number of Topliss-reactive ketones (excluding diaryl/α,β-unsaturated/α-hetero) is 1. The molecule has 142 valence electrons. The number of rotatable bonds is 4. The van der Waals surface area contributed by atoms with Crippen molar-refractivity contribution in [1.29, 1.82) is 0 Å². The number of pyridine rings is 1. The molecule has 0 saturated heterocycles. The van der Waals surface area contributed by atoms with Crippen LogP contribution in [0.2, 0.25) is 10.0 Å². The summed E-state index contributed by atoms with van der Waals surface area (Å²) >= 11 is 12.4. The highest BCUT2D eigenvalue weighted by molar-refractivity contribution is 6.36. The molecule has 1 saturated carbocycles. The van der Waals surface area contributed by atoms with Crippen LogP contribution in [0.4, 0.5) is 0 Å². The van der Waals surface area contributed by atoms with Gasteiger partial charge in [-0.2, -0.15) is 0 Å². The zero-order valence-electron chi connectivity index (χ0n) is 15.2. The van der Waals surface area contributed by atoms with Crippen molar-refractivity contribution in [3.63, 3.8) is 0 Å². The van der Waals surface area contributed by atoms with Crippen molar-refractivity contribution in [3.8, 4) is 11.5 Å². The molecule has 0 bridgehead atoms. The second kappa shape index (κ2) is 7.33. The lowest BCUT2D eigenvalue weighted by Crippen LogP contribution is -2.36. The highest BCUT2D eigenvalue weighted by atomic mass is 35.5. The molecule has 1 aromatic heterocycles. The van der Waals surface area contributed by atoms with Crippen LogP contribution in [0.15, 0.2) is 24.5 Å². The van der Waals surface area contributed by atoms with Gasteiger partial charge in [0.25, 0.3) is 0 Å². The summed E-state index contributed by atoms with van der Waals surface area (Å²) in [4.78, 5) is 17.1. The molecule has 4 nitrogen and oxygen atoms in total. The van der Waals surface area contributed by atoms with Gasteiger partial charge in [0.15, 0.2) is 17.3 Å². The highest BCUT2D eigenvalue weighted by Gasteiger charge is 2.43. The number of fused-ring (bicyclic) bond motifs is 1. The Morgan fingerprint density at radius 2 is 1.89 bits per heavy atom. The van der Waals surface area contributed by atoms with E-state index in [-0.39, 0.29) is 17.8 Å². The third kappa shape index (κ3) is 3.41. The van der Waals surface area contributed by atoms with Gasteiger partial charge in [-0.05, 0) is 37.8 Å². The lowest BCUT2D eigenvalue weighted by Gasteiger charge is -2.32. The Morgan fingerprint density at radius 3 is 2.56 bits per heavy atom. The molecule has 0 unspecified atom stereocenters. The lowest BCUT2D eigenvalue weighted by molar-refractivity contribution is 0.0507. The third-order valence-electron chi connectivity index (χ3n) is 5.62. The van der Waals surface area contributed by atoms with Gasteiger partial charge in [-0.3, -0.25) is 9.78 Å². The first-order valence-electron chi connectivity index (χ1n) is 9.23. The number of hydrogen-bond donors (Lipinski definition) is 0. The third-order valence-corrected chi connectivity index (χ3v) is 6.27. The first-order valence-corrected chi connectivity index (χ1v) is 9.98. The molecule has 1 fully saturated rings. The monoisotopic (exact) mass is 405 g/mol. The van der Waals surface area contributed by atoms with Gasteiger partial charge < -0.3 is 9.47 Å². The number of carbonyl (C=O) groups is 1. The Morgan fingerprint density at radius 1 is 1.19 bits per heavy atom. The fourth-order valence-corrected chi connectivity index (χ4v) is 4.73. The van der Waals surface area contributed by atoms with Gasteiger partial charge in [-0.25, -0.2) is 0 Å². The van der Waals surface area contributed by atoms with E-state index in [1.54, 1.807) is 7.11 Å². The SMILES string of the molecule is COc1ccc(C(=O)Cc2c(Cl)cncc2Cl)c2c1OC1(CCCCC1)C2. The van der Waals surface area contributed by atoms with E-state index in [9.17, 15) is 4.79 Å². The number of halogens is 2. The molecule has 27 heavy (non-hydrogen) atoms. The molecule has 4 rings (SSSR count). The summed E-state index contributed by atoms with van der Waals surface area (Å²) in [5.41, 5.74) is 2.02. The fourth-order valence-electron chi connectivity index (χ4n) is 4.23. The van der Waals surface area contributed by atoms with Crippen LogP contribution in [0.1, 0.15) is 53.6 Å². The predicted octanol–water partition coefficient (Wildman–Crippen LogP) is 5.46. The van der Waals surface area contributed by atoms with E-state index >= 15 is 0 Å². The maximum atomic E-state index is 13.1. The molecule has 2 heterocycles. The molecule has 1 spiro atoms. The van der Waals surface area contributed by atoms with Crippen LogP contribution in [-0.2, 0) is 12.8 Å². The first kappa shape index (κ1) is 18.6. The van der Waals surface area contributed by atoms with Gasteiger partial charge in [-0.1, -0.05) is 29.6 Å². The molecule has 1 aliphatic carbocycles. The molecule has 1 aromatic carbocycles. The topological polar surface area (TPSA) is 48.4 Å². The number of ketones is 1. The molecule has 0 N–H and O–H groups in total. The first-order chi connectivity index (χ1) is 13.0. The van der Waals surface area contributed by atoms with E-state index in [0.29, 0.717) is 26.9 Å². The quantitative estimate of drug-likeness (QED) is 0.633. The van der Waals surface area contributed by atoms with Crippen molar-refractivity contribution in [2.24, 2.45) is 0 Å². The van der Waals surface area contributed by atoms with E-state index in [2.05, 4.69) is 4.98 Å². The molecule has 2 aliphatic rings. The molecular formula is C21H21Cl2NO3. The number of hydrogen-bond acceptors (Lipinski definition) is 4. The average molecular weight is 406 g/mol. The molecule has 2 aromatic rings. The summed E-state index contributed by atoms with van der Waals surface area (Å²) in [5.74, 6) is 1.38. The summed E-state index contributed by atoms with van der Waals surface area (Å²) in [6, 6.07) is 3.64. The summed E-state index contributed by atoms with van der Waals surface area (Å²) in [6.45, 7) is 0. The maximum Gasteiger partial charge on any atom is 0.167 e. The van der Waals surface area contributed by atoms with Crippen LogP contribution in [0.25, 0.3) is 0 Å². The van der Waals surface area contributed by atoms with E-state index < -0.39 is 0 Å². The molecule has 1 aliphatic heterocycles. The number of ether oxygens (including phenoxy) is 2. The summed E-state index contributed by atoms with van der Waals surface area (Å²) in [5, 5.41) is 0.807. The summed E-state index contributed by atoms with van der Waals surface area (Å²) in [6.07, 6.45) is 9.47. The van der Waals surface area contributed by atoms with Crippen molar-refractivity contribution in [2.75, 3.05) is 7.11 Å². The normalized spacial score (nSPS) is 17.4. The molecule has 0 atom stereocenters. The Bertz CT molecular complexity index is 871. The minimum absolute atomic E-state index is 0.0274. The second-order valence-electron chi connectivity index (χ2n) is 7.33. The van der Waals surface area contributed by atoms with Crippen LogP contribution in [0.3, 0.4) is 0 Å². The van der Waals surface area contributed by atoms with E-state index in [4.69, 9.17) is 32.7 Å². The van der Waals surface area contributed by atoms with Gasteiger partial charge in [0.05, 0.1) is 17.2 Å². The molecular weight excluding hydrogens is 385 g/mol. The Balaban J connectivity index is 1.69. The van der Waals surface area contributed by atoms with Crippen LogP contribution in [-0.4, -0.2) is 23.5 Å². The van der Waals surface area contributed by atoms with E-state index in [1.807, 2.05) is 12.1 Å². The number of nitrogens with zero attached hydrogens (tertiary/aromatic N) is 1. The maximum absolute atomic E-state index is 13.1. The predicted molar refractivity (Wildman–Crippen MR) is 105 cm³/mol. The number of methoxy groups -OCH3 is 1. The van der Waals surface area contributed by atoms with E-state index in [1.165, 1.54) is 18.8 Å². The van der Waals surface area contributed by atoms with Crippen LogP contribution < -0.4 is 9.47 Å².